The van der Waals surface area contributed by atoms with E-state index in [0.29, 0.717) is 6.10 Å². The molecule has 4 heteroatoms. The molecule has 1 aliphatic rings. The summed E-state index contributed by atoms with van der Waals surface area (Å²) in [7, 11) is 0. The van der Waals surface area contributed by atoms with Gasteiger partial charge in [0.2, 0.25) is 0 Å². The maximum absolute atomic E-state index is 5.61. The third kappa shape index (κ3) is 3.56. The number of rotatable bonds is 5. The third-order valence-corrected chi connectivity index (χ3v) is 3.45. The monoisotopic (exact) mass is 251 g/mol. The van der Waals surface area contributed by atoms with E-state index >= 15 is 0 Å². The molecule has 0 spiro atoms. The Morgan fingerprint density at radius 3 is 3.00 bits per heavy atom. The van der Waals surface area contributed by atoms with E-state index < -0.39 is 0 Å². The van der Waals surface area contributed by atoms with E-state index in [4.69, 9.17) is 4.74 Å². The summed E-state index contributed by atoms with van der Waals surface area (Å²) < 4.78 is 5.61. The first-order valence-corrected chi connectivity index (χ1v) is 6.92. The standard InChI is InChI=1S/C14H25N3O/c1-14(2,3)13-11(10-16-17-13)9-15-7-6-12-5-4-8-18-12/h10,12,15H,4-9H2,1-3H3,(H,16,17)/t12-/m1/s1. The molecule has 2 N–H and O–H groups in total. The zero-order chi connectivity index (χ0) is 13.0. The molecule has 0 aromatic carbocycles. The van der Waals surface area contributed by atoms with Gasteiger partial charge in [0.1, 0.15) is 0 Å². The lowest BCUT2D eigenvalue weighted by Crippen LogP contribution is -2.22. The van der Waals surface area contributed by atoms with E-state index in [1.807, 2.05) is 6.20 Å². The smallest absolute Gasteiger partial charge is 0.0588 e. The van der Waals surface area contributed by atoms with Gasteiger partial charge in [-0.15, -0.1) is 0 Å². The van der Waals surface area contributed by atoms with Gasteiger partial charge in [-0.25, -0.2) is 0 Å². The number of ether oxygens (including phenoxy) is 1. The summed E-state index contributed by atoms with van der Waals surface area (Å²) in [6.07, 6.45) is 5.97. The summed E-state index contributed by atoms with van der Waals surface area (Å²) in [6, 6.07) is 0. The van der Waals surface area contributed by atoms with Crippen LogP contribution >= 0.6 is 0 Å². The summed E-state index contributed by atoms with van der Waals surface area (Å²) >= 11 is 0. The van der Waals surface area contributed by atoms with Crippen LogP contribution in [0.3, 0.4) is 0 Å². The van der Waals surface area contributed by atoms with Crippen molar-refractivity contribution in [1.82, 2.24) is 15.5 Å². The molecule has 102 valence electrons. The Morgan fingerprint density at radius 1 is 1.50 bits per heavy atom. The zero-order valence-electron chi connectivity index (χ0n) is 11.8. The Kier molecular flexibility index (Phi) is 4.40. The Hall–Kier alpha value is -0.870. The quantitative estimate of drug-likeness (QED) is 0.790. The van der Waals surface area contributed by atoms with Gasteiger partial charge in [-0.2, -0.15) is 5.10 Å². The second-order valence-corrected chi connectivity index (χ2v) is 6.12. The molecule has 18 heavy (non-hydrogen) atoms. The Morgan fingerprint density at radius 2 is 2.33 bits per heavy atom. The molecule has 1 saturated heterocycles. The maximum atomic E-state index is 5.61. The lowest BCUT2D eigenvalue weighted by molar-refractivity contribution is 0.104. The lowest BCUT2D eigenvalue weighted by atomic mass is 9.89. The Balaban J connectivity index is 1.74. The first-order chi connectivity index (χ1) is 8.57. The average Bonchev–Trinajstić information content (AvgIpc) is 2.94. The second kappa shape index (κ2) is 5.85. The topological polar surface area (TPSA) is 49.9 Å². The number of aromatic nitrogens is 2. The van der Waals surface area contributed by atoms with Crippen LogP contribution in [0.15, 0.2) is 6.20 Å². The largest absolute Gasteiger partial charge is 0.378 e. The molecule has 0 saturated carbocycles. The van der Waals surface area contributed by atoms with Crippen molar-refractivity contribution in [3.63, 3.8) is 0 Å². The molecule has 1 atom stereocenters. The molecule has 1 aliphatic heterocycles. The fourth-order valence-corrected chi connectivity index (χ4v) is 2.45. The summed E-state index contributed by atoms with van der Waals surface area (Å²) in [5.41, 5.74) is 2.63. The van der Waals surface area contributed by atoms with E-state index in [0.717, 1.165) is 26.1 Å². The van der Waals surface area contributed by atoms with Crippen molar-refractivity contribution in [2.75, 3.05) is 13.2 Å². The number of aromatic amines is 1. The third-order valence-electron chi connectivity index (χ3n) is 3.45. The van der Waals surface area contributed by atoms with Crippen LogP contribution in [0.2, 0.25) is 0 Å². The highest BCUT2D eigenvalue weighted by Gasteiger charge is 2.20. The molecular formula is C14H25N3O. The lowest BCUT2D eigenvalue weighted by Gasteiger charge is -2.18. The van der Waals surface area contributed by atoms with Crippen molar-refractivity contribution in [3.8, 4) is 0 Å². The fraction of sp³-hybridized carbons (Fsp3) is 0.786. The first kappa shape index (κ1) is 13.6. The van der Waals surface area contributed by atoms with E-state index in [1.54, 1.807) is 0 Å². The molecule has 1 aromatic rings. The van der Waals surface area contributed by atoms with Crippen LogP contribution in [0, 0.1) is 0 Å². The normalized spacial score (nSPS) is 20.5. The highest BCUT2D eigenvalue weighted by atomic mass is 16.5. The molecule has 0 bridgehead atoms. The van der Waals surface area contributed by atoms with Gasteiger partial charge < -0.3 is 10.1 Å². The highest BCUT2D eigenvalue weighted by Crippen LogP contribution is 2.23. The van der Waals surface area contributed by atoms with Crippen molar-refractivity contribution >= 4 is 0 Å². The molecule has 0 unspecified atom stereocenters. The van der Waals surface area contributed by atoms with Gasteiger partial charge >= 0.3 is 0 Å². The van der Waals surface area contributed by atoms with Gasteiger partial charge in [0.15, 0.2) is 0 Å². The van der Waals surface area contributed by atoms with Gasteiger partial charge in [-0.05, 0) is 25.8 Å². The Bertz CT molecular complexity index is 361. The van der Waals surface area contributed by atoms with Gasteiger partial charge in [0, 0.05) is 29.8 Å². The molecule has 0 amide bonds. The van der Waals surface area contributed by atoms with Crippen LogP contribution in [0.25, 0.3) is 0 Å². The minimum Gasteiger partial charge on any atom is -0.378 e. The van der Waals surface area contributed by atoms with Crippen molar-refractivity contribution in [2.45, 2.75) is 58.1 Å². The second-order valence-electron chi connectivity index (χ2n) is 6.12. The van der Waals surface area contributed by atoms with E-state index in [2.05, 4.69) is 36.3 Å². The molecule has 2 rings (SSSR count). The molecule has 1 fully saturated rings. The zero-order valence-corrected chi connectivity index (χ0v) is 11.8. The number of hydrogen-bond donors (Lipinski definition) is 2. The van der Waals surface area contributed by atoms with Gasteiger partial charge in [-0.1, -0.05) is 20.8 Å². The van der Waals surface area contributed by atoms with Crippen LogP contribution in [0.4, 0.5) is 0 Å². The summed E-state index contributed by atoms with van der Waals surface area (Å²) in [4.78, 5) is 0. The summed E-state index contributed by atoms with van der Waals surface area (Å²) in [5.74, 6) is 0. The van der Waals surface area contributed by atoms with Crippen LogP contribution in [-0.4, -0.2) is 29.5 Å². The maximum Gasteiger partial charge on any atom is 0.0588 e. The number of nitrogens with zero attached hydrogens (tertiary/aromatic N) is 1. The number of nitrogens with one attached hydrogen (secondary N) is 2. The van der Waals surface area contributed by atoms with E-state index in [-0.39, 0.29) is 5.41 Å². The summed E-state index contributed by atoms with van der Waals surface area (Å²) in [5, 5.41) is 10.8. The minimum atomic E-state index is 0.127. The predicted molar refractivity (Wildman–Crippen MR) is 72.6 cm³/mol. The Labute approximate surface area is 110 Å². The van der Waals surface area contributed by atoms with Crippen molar-refractivity contribution in [2.24, 2.45) is 0 Å². The predicted octanol–water partition coefficient (Wildman–Crippen LogP) is 2.37. The minimum absolute atomic E-state index is 0.127. The van der Waals surface area contributed by atoms with Crippen molar-refractivity contribution < 1.29 is 4.74 Å². The van der Waals surface area contributed by atoms with Crippen LogP contribution < -0.4 is 5.32 Å². The number of hydrogen-bond acceptors (Lipinski definition) is 3. The van der Waals surface area contributed by atoms with Gasteiger partial charge in [0.05, 0.1) is 12.3 Å². The van der Waals surface area contributed by atoms with E-state index in [1.165, 1.54) is 24.1 Å². The molecule has 0 radical (unpaired) electrons. The molecule has 1 aromatic heterocycles. The van der Waals surface area contributed by atoms with Crippen molar-refractivity contribution in [3.05, 3.63) is 17.5 Å². The molecule has 0 aliphatic carbocycles. The van der Waals surface area contributed by atoms with E-state index in [9.17, 15) is 0 Å². The van der Waals surface area contributed by atoms with Crippen LogP contribution in [0.5, 0.6) is 0 Å². The molecule has 4 nitrogen and oxygen atoms in total. The van der Waals surface area contributed by atoms with Crippen LogP contribution in [0.1, 0.15) is 51.3 Å². The fourth-order valence-electron chi connectivity index (χ4n) is 2.45. The summed E-state index contributed by atoms with van der Waals surface area (Å²) in [6.45, 7) is 9.46. The van der Waals surface area contributed by atoms with Gasteiger partial charge in [0.25, 0.3) is 0 Å². The molecule has 2 heterocycles. The van der Waals surface area contributed by atoms with Crippen molar-refractivity contribution in [1.29, 1.82) is 0 Å². The average molecular weight is 251 g/mol. The van der Waals surface area contributed by atoms with Crippen LogP contribution in [-0.2, 0) is 16.7 Å². The molecular weight excluding hydrogens is 226 g/mol. The first-order valence-electron chi connectivity index (χ1n) is 6.92. The SMILES string of the molecule is CC(C)(C)c1[nH]ncc1CNCC[C@H]1CCCO1. The number of H-pyrrole nitrogens is 1. The highest BCUT2D eigenvalue weighted by molar-refractivity contribution is 5.23. The van der Waals surface area contributed by atoms with Gasteiger partial charge in [-0.3, -0.25) is 5.10 Å².